The molecule has 3 saturated heterocycles. The molecule has 4 N–H and O–H groups in total. The number of esters is 2. The number of ether oxygens (including phenoxy) is 7. The average molecular weight is 819 g/mol. The first-order chi connectivity index (χ1) is 26.4. The Hall–Kier alpha value is -1.99. The Morgan fingerprint density at radius 2 is 1.56 bits per heavy atom. The predicted molar refractivity (Wildman–Crippen MR) is 210 cm³/mol. The number of carbonyl (C=O) groups excluding carboxylic acids is 2. The van der Waals surface area contributed by atoms with Crippen molar-refractivity contribution in [3.63, 3.8) is 0 Å². The van der Waals surface area contributed by atoms with E-state index in [4.69, 9.17) is 38.0 Å². The van der Waals surface area contributed by atoms with Crippen molar-refractivity contribution in [1.29, 1.82) is 0 Å². The molecule has 0 aromatic rings. The monoisotopic (exact) mass is 819 g/mol. The topological polar surface area (TPSA) is 204 Å². The van der Waals surface area contributed by atoms with Gasteiger partial charge >= 0.3 is 11.9 Å². The molecule has 0 saturated carbocycles. The van der Waals surface area contributed by atoms with Crippen LogP contribution >= 0.6 is 0 Å². The van der Waals surface area contributed by atoms with Gasteiger partial charge in [-0.15, -0.1) is 0 Å². The van der Waals surface area contributed by atoms with Crippen LogP contribution in [0.1, 0.15) is 109 Å². The quantitative estimate of drug-likeness (QED) is 0.185. The van der Waals surface area contributed by atoms with Crippen LogP contribution in [0.15, 0.2) is 5.16 Å². The molecule has 0 aromatic heterocycles. The Bertz CT molecular complexity index is 1350. The smallest absolute Gasteiger partial charge is 0.311 e. The molecule has 16 heteroatoms. The van der Waals surface area contributed by atoms with Crippen molar-refractivity contribution in [1.82, 2.24) is 4.90 Å². The van der Waals surface area contributed by atoms with Gasteiger partial charge in [-0.2, -0.15) is 0 Å². The van der Waals surface area contributed by atoms with Crippen LogP contribution in [0.2, 0.25) is 0 Å². The number of methoxy groups -OCH3 is 1. The molecule has 1 unspecified atom stereocenters. The third-order valence-corrected chi connectivity index (χ3v) is 12.4. The number of aliphatic hydroxyl groups is 4. The van der Waals surface area contributed by atoms with Crippen molar-refractivity contribution in [2.24, 2.45) is 28.8 Å². The van der Waals surface area contributed by atoms with Crippen LogP contribution in [0.3, 0.4) is 0 Å². The highest BCUT2D eigenvalue weighted by Gasteiger charge is 2.54. The van der Waals surface area contributed by atoms with E-state index in [-0.39, 0.29) is 38.0 Å². The predicted octanol–water partition coefficient (Wildman–Crippen LogP) is 3.18. The Morgan fingerprint density at radius 1 is 0.930 bits per heavy atom. The molecule has 3 aliphatic rings. The minimum atomic E-state index is -1.93. The van der Waals surface area contributed by atoms with Crippen LogP contribution in [0.5, 0.6) is 0 Å². The van der Waals surface area contributed by atoms with Gasteiger partial charge in [0.2, 0.25) is 0 Å². The minimum absolute atomic E-state index is 0.00160. The molecule has 3 heterocycles. The highest BCUT2D eigenvalue weighted by Crippen LogP contribution is 2.41. The highest BCUT2D eigenvalue weighted by atomic mass is 16.7. The lowest BCUT2D eigenvalue weighted by molar-refractivity contribution is -0.318. The zero-order valence-electron chi connectivity index (χ0n) is 37.0. The average Bonchev–Trinajstić information content (AvgIpc) is 3.12. The molecule has 18 atom stereocenters. The number of hydrogen-bond acceptors (Lipinski definition) is 16. The van der Waals surface area contributed by atoms with E-state index in [1.54, 1.807) is 55.4 Å². The summed E-state index contributed by atoms with van der Waals surface area (Å²) in [5.41, 5.74) is -4.38. The second kappa shape index (κ2) is 20.0. The van der Waals surface area contributed by atoms with Crippen LogP contribution in [0, 0.1) is 23.7 Å². The van der Waals surface area contributed by atoms with Gasteiger partial charge in [0.05, 0.1) is 59.4 Å². The number of cyclic esters (lactones) is 1. The number of hydrogen-bond donors (Lipinski definition) is 4. The Balaban J connectivity index is 2.29. The normalized spacial score (nSPS) is 46.3. The van der Waals surface area contributed by atoms with Gasteiger partial charge in [0.25, 0.3) is 0 Å². The summed E-state index contributed by atoms with van der Waals surface area (Å²) in [6, 6.07) is -0.303. The summed E-state index contributed by atoms with van der Waals surface area (Å²) in [4.78, 5) is 34.3. The molecule has 0 aliphatic carbocycles. The number of carbonyl (C=O) groups is 2. The van der Waals surface area contributed by atoms with E-state index in [1.807, 2.05) is 32.8 Å². The summed E-state index contributed by atoms with van der Waals surface area (Å²) in [5, 5.41) is 51.9. The van der Waals surface area contributed by atoms with Gasteiger partial charge in [0, 0.05) is 38.2 Å². The largest absolute Gasteiger partial charge is 0.459 e. The van der Waals surface area contributed by atoms with Gasteiger partial charge in [0.1, 0.15) is 24.4 Å². The minimum Gasteiger partial charge on any atom is -0.459 e. The molecule has 0 spiro atoms. The van der Waals surface area contributed by atoms with Crippen molar-refractivity contribution in [2.45, 2.75) is 193 Å². The van der Waals surface area contributed by atoms with E-state index >= 15 is 0 Å². The fraction of sp³-hybridized carbons (Fsp3) is 0.927. The highest BCUT2D eigenvalue weighted by molar-refractivity contribution is 5.88. The second-order valence-corrected chi connectivity index (χ2v) is 17.6. The first-order valence-corrected chi connectivity index (χ1v) is 20.6. The summed E-state index contributed by atoms with van der Waals surface area (Å²) in [7, 11) is 5.24. The van der Waals surface area contributed by atoms with Crippen LogP contribution in [-0.4, -0.2) is 155 Å². The molecule has 0 radical (unpaired) electrons. The lowest BCUT2D eigenvalue weighted by atomic mass is 9.73. The molecule has 0 bridgehead atoms. The Labute approximate surface area is 339 Å². The molecule has 3 rings (SSSR count). The SMILES string of the molecule is CCON=C1[C@H](C)C[C@@](C)(O)[C@H](O[C@@H]2O[C@H](C)C[C@H](N(C)C)[C@H]2OC(C)=O)[C@@H](C)[C@H](OC2C[C@@](C)(OC)[C@@H](O)[C@H](C)O2)[C@@H](C)C(=O)O[C@H](CC)[C@@](C)(O)[C@H](O)[C@H]1C. The zero-order chi connectivity index (χ0) is 43.4. The first kappa shape index (κ1) is 49.4. The van der Waals surface area contributed by atoms with Crippen LogP contribution < -0.4 is 0 Å². The standard InChI is InChI=1S/C41H74N2O14/c1-16-29-41(12,49)34(45)23(5)31(42-51-17-2)21(3)19-39(10,48)36(57-38-33(54-27(9)44)28(43(13)14)18-22(4)52-38)24(6)32(25(7)37(47)55-29)56-30-20-40(11,50-15)35(46)26(8)53-30/h21-26,28-30,32-36,38,45-46,48-49H,16-20H2,1-15H3/t21-,22-,23+,24+,25-,26+,28+,29-,30?,32+,33-,34-,35+,36-,38+,39-,40-,41-/m1/s1. The van der Waals surface area contributed by atoms with Crippen molar-refractivity contribution < 1.29 is 68.0 Å². The molecule has 332 valence electrons. The van der Waals surface area contributed by atoms with Crippen molar-refractivity contribution >= 4 is 17.7 Å². The number of nitrogens with zero attached hydrogens (tertiary/aromatic N) is 2. The van der Waals surface area contributed by atoms with Crippen molar-refractivity contribution in [3.8, 4) is 0 Å². The van der Waals surface area contributed by atoms with Crippen molar-refractivity contribution in [2.75, 3.05) is 27.8 Å². The summed E-state index contributed by atoms with van der Waals surface area (Å²) >= 11 is 0. The molecular formula is C41H74N2O14. The molecule has 0 amide bonds. The fourth-order valence-electron chi connectivity index (χ4n) is 9.04. The molecule has 3 fully saturated rings. The lowest BCUT2D eigenvalue weighted by Crippen LogP contribution is -2.61. The van der Waals surface area contributed by atoms with Gasteiger partial charge in [-0.3, -0.25) is 9.59 Å². The van der Waals surface area contributed by atoms with E-state index in [1.165, 1.54) is 21.0 Å². The summed E-state index contributed by atoms with van der Waals surface area (Å²) in [5.74, 6) is -4.56. The van der Waals surface area contributed by atoms with E-state index < -0.39 is 108 Å². The van der Waals surface area contributed by atoms with E-state index in [0.717, 1.165) is 0 Å². The molecule has 0 aromatic carbocycles. The van der Waals surface area contributed by atoms with Gasteiger partial charge in [-0.25, -0.2) is 0 Å². The number of aliphatic hydroxyl groups excluding tert-OH is 2. The first-order valence-electron chi connectivity index (χ1n) is 20.6. The summed E-state index contributed by atoms with van der Waals surface area (Å²) in [6.07, 6.45) is -9.17. The second-order valence-electron chi connectivity index (χ2n) is 17.6. The maximum Gasteiger partial charge on any atom is 0.311 e. The molecule has 57 heavy (non-hydrogen) atoms. The summed E-state index contributed by atoms with van der Waals surface area (Å²) in [6.45, 7) is 20.4. The van der Waals surface area contributed by atoms with Crippen LogP contribution in [0.4, 0.5) is 0 Å². The Morgan fingerprint density at radius 3 is 2.11 bits per heavy atom. The fourth-order valence-corrected chi connectivity index (χ4v) is 9.04. The third kappa shape index (κ3) is 11.4. The van der Waals surface area contributed by atoms with E-state index in [0.29, 0.717) is 12.1 Å². The maximum absolute atomic E-state index is 14.3. The van der Waals surface area contributed by atoms with Gasteiger partial charge in [-0.05, 0) is 81.8 Å². The van der Waals surface area contributed by atoms with Gasteiger partial charge < -0.3 is 63.3 Å². The molecular weight excluding hydrogens is 744 g/mol. The number of rotatable bonds is 10. The number of oxime groups is 1. The molecule has 16 nitrogen and oxygen atoms in total. The van der Waals surface area contributed by atoms with Crippen molar-refractivity contribution in [3.05, 3.63) is 0 Å². The maximum atomic E-state index is 14.3. The van der Waals surface area contributed by atoms with Crippen LogP contribution in [0.25, 0.3) is 0 Å². The lowest BCUT2D eigenvalue weighted by Gasteiger charge is -2.49. The summed E-state index contributed by atoms with van der Waals surface area (Å²) < 4.78 is 43.9. The van der Waals surface area contributed by atoms with Gasteiger partial charge in [-0.1, -0.05) is 32.9 Å². The third-order valence-electron chi connectivity index (χ3n) is 12.4. The Kier molecular flexibility index (Phi) is 17.4. The van der Waals surface area contributed by atoms with E-state index in [2.05, 4.69) is 5.16 Å². The van der Waals surface area contributed by atoms with E-state index in [9.17, 15) is 30.0 Å². The van der Waals surface area contributed by atoms with Gasteiger partial charge in [0.15, 0.2) is 18.7 Å². The van der Waals surface area contributed by atoms with Crippen LogP contribution in [-0.2, 0) is 47.6 Å². The zero-order valence-corrected chi connectivity index (χ0v) is 37.0. The number of likely N-dealkylation sites (N-methyl/N-ethyl adjacent to an activating group) is 1. The molecule has 3 aliphatic heterocycles.